The smallest absolute Gasteiger partial charge is 0.220 e. The molecule has 1 aliphatic heterocycles. The van der Waals surface area contributed by atoms with E-state index in [2.05, 4.69) is 19.2 Å². The van der Waals surface area contributed by atoms with Crippen molar-refractivity contribution in [2.75, 3.05) is 13.2 Å². The Balaban J connectivity index is 2.07. The number of amides is 1. The monoisotopic (exact) mass is 1020 g/mol. The Morgan fingerprint density at radius 1 is 0.417 bits per heavy atom. The lowest BCUT2D eigenvalue weighted by Crippen LogP contribution is -2.60. The van der Waals surface area contributed by atoms with Gasteiger partial charge in [-0.05, 0) is 12.8 Å². The van der Waals surface area contributed by atoms with Gasteiger partial charge in [-0.2, -0.15) is 0 Å². The number of unbranched alkanes of at least 4 members (excludes halogenated alkanes) is 47. The first kappa shape index (κ1) is 69.2. The van der Waals surface area contributed by atoms with Crippen LogP contribution in [0.5, 0.6) is 0 Å². The van der Waals surface area contributed by atoms with Crippen molar-refractivity contribution in [3.05, 3.63) is 0 Å². The van der Waals surface area contributed by atoms with Crippen LogP contribution in [-0.2, 0) is 14.3 Å². The lowest BCUT2D eigenvalue weighted by atomic mass is 9.99. The van der Waals surface area contributed by atoms with E-state index in [0.29, 0.717) is 12.8 Å². The van der Waals surface area contributed by atoms with E-state index in [-0.39, 0.29) is 12.5 Å². The number of carbonyl (C=O) groups excluding carboxylic acids is 1. The summed E-state index contributed by atoms with van der Waals surface area (Å²) >= 11 is 0. The highest BCUT2D eigenvalue weighted by molar-refractivity contribution is 5.76. The molecule has 1 aliphatic rings. The summed E-state index contributed by atoms with van der Waals surface area (Å²) in [5.74, 6) is -0.135. The Bertz CT molecular complexity index is 1100. The number of aliphatic hydroxyl groups is 5. The Morgan fingerprint density at radius 2 is 0.694 bits per heavy atom. The van der Waals surface area contributed by atoms with Gasteiger partial charge in [0.25, 0.3) is 0 Å². The van der Waals surface area contributed by atoms with Gasteiger partial charge in [-0.15, -0.1) is 0 Å². The normalized spacial score (nSPS) is 19.0. The quantitative estimate of drug-likeness (QED) is 0.0330. The average Bonchev–Trinajstić information content (AvgIpc) is 3.38. The first-order chi connectivity index (χ1) is 35.3. The topological polar surface area (TPSA) is 149 Å². The molecule has 9 heteroatoms. The summed E-state index contributed by atoms with van der Waals surface area (Å²) in [6.07, 6.45) is 58.8. The largest absolute Gasteiger partial charge is 0.394 e. The van der Waals surface area contributed by atoms with Crippen LogP contribution in [0.4, 0.5) is 0 Å². The van der Waals surface area contributed by atoms with Gasteiger partial charge < -0.3 is 40.3 Å². The molecule has 6 N–H and O–H groups in total. The first-order valence-corrected chi connectivity index (χ1v) is 32.2. The number of nitrogens with one attached hydrogen (secondary N) is 1. The molecule has 0 aromatic heterocycles. The first-order valence-electron chi connectivity index (χ1n) is 32.2. The van der Waals surface area contributed by atoms with Crippen LogP contribution in [0.15, 0.2) is 0 Å². The van der Waals surface area contributed by atoms with Gasteiger partial charge >= 0.3 is 0 Å². The molecule has 7 unspecified atom stereocenters. The summed E-state index contributed by atoms with van der Waals surface area (Å²) in [5, 5.41) is 54.7. The number of ether oxygens (including phenoxy) is 2. The third-order valence-electron chi connectivity index (χ3n) is 16.0. The SMILES string of the molecule is CCCCCCCCCCCCCCCCCCCCCCCCCCCCCCCCCCCC(=O)NC(COC1OC(CO)C(O)C(O)C1O)C(O)CCCCCCCCCCCCCCCCCC. The molecule has 0 aromatic rings. The van der Waals surface area contributed by atoms with Crippen molar-refractivity contribution in [3.63, 3.8) is 0 Å². The van der Waals surface area contributed by atoms with Gasteiger partial charge in [-0.3, -0.25) is 4.79 Å². The second kappa shape index (κ2) is 53.6. The summed E-state index contributed by atoms with van der Waals surface area (Å²) < 4.78 is 11.3. The van der Waals surface area contributed by atoms with Crippen LogP contribution in [0, 0.1) is 0 Å². The molecule has 0 bridgehead atoms. The third-order valence-corrected chi connectivity index (χ3v) is 16.0. The van der Waals surface area contributed by atoms with Crippen molar-refractivity contribution in [3.8, 4) is 0 Å². The van der Waals surface area contributed by atoms with Gasteiger partial charge in [0, 0.05) is 6.42 Å². The average molecular weight is 1020 g/mol. The summed E-state index contributed by atoms with van der Waals surface area (Å²) in [6.45, 7) is 3.89. The third kappa shape index (κ3) is 42.3. The molecule has 9 nitrogen and oxygen atoms in total. The van der Waals surface area contributed by atoms with Crippen LogP contribution in [0.25, 0.3) is 0 Å². The molecule has 7 atom stereocenters. The summed E-state index contributed by atoms with van der Waals surface area (Å²) in [4.78, 5) is 13.1. The van der Waals surface area contributed by atoms with Gasteiger partial charge in [0.05, 0.1) is 25.4 Å². The molecular weight excluding hydrogens is 899 g/mol. The van der Waals surface area contributed by atoms with E-state index >= 15 is 0 Å². The lowest BCUT2D eigenvalue weighted by molar-refractivity contribution is -0.302. The van der Waals surface area contributed by atoms with Gasteiger partial charge in [-0.25, -0.2) is 0 Å². The lowest BCUT2D eigenvalue weighted by Gasteiger charge is -2.40. The Hall–Kier alpha value is -0.810. The summed E-state index contributed by atoms with van der Waals surface area (Å²) in [6, 6.07) is -0.713. The predicted octanol–water partition coefficient (Wildman–Crippen LogP) is 16.6. The second-order valence-corrected chi connectivity index (χ2v) is 22.9. The molecule has 0 radical (unpaired) electrons. The predicted molar refractivity (Wildman–Crippen MR) is 304 cm³/mol. The van der Waals surface area contributed by atoms with Gasteiger partial charge in [0.15, 0.2) is 6.29 Å². The Labute approximate surface area is 446 Å². The van der Waals surface area contributed by atoms with Gasteiger partial charge in [-0.1, -0.05) is 322 Å². The van der Waals surface area contributed by atoms with Crippen LogP contribution in [0.3, 0.4) is 0 Å². The van der Waals surface area contributed by atoms with Crippen molar-refractivity contribution in [1.82, 2.24) is 5.32 Å². The zero-order chi connectivity index (χ0) is 52.2. The van der Waals surface area contributed by atoms with E-state index in [1.54, 1.807) is 0 Å². The molecule has 0 aromatic carbocycles. The van der Waals surface area contributed by atoms with Crippen molar-refractivity contribution in [2.24, 2.45) is 0 Å². The number of hydrogen-bond donors (Lipinski definition) is 6. The van der Waals surface area contributed by atoms with E-state index in [4.69, 9.17) is 9.47 Å². The van der Waals surface area contributed by atoms with E-state index in [1.807, 2.05) is 0 Å². The number of hydrogen-bond acceptors (Lipinski definition) is 8. The van der Waals surface area contributed by atoms with E-state index in [0.717, 1.165) is 38.5 Å². The highest BCUT2D eigenvalue weighted by atomic mass is 16.7. The van der Waals surface area contributed by atoms with Crippen LogP contribution in [0.2, 0.25) is 0 Å². The van der Waals surface area contributed by atoms with Crippen molar-refractivity contribution in [2.45, 2.75) is 384 Å². The second-order valence-electron chi connectivity index (χ2n) is 22.9. The maximum absolute atomic E-state index is 13.1. The molecule has 0 saturated carbocycles. The van der Waals surface area contributed by atoms with Crippen molar-refractivity contribution < 1.29 is 39.8 Å². The van der Waals surface area contributed by atoms with E-state index < -0.39 is 49.5 Å². The standard InChI is InChI=1S/C63H125NO8/c1-3-5-7-9-11-13-15-17-19-21-22-23-24-25-26-27-28-29-30-31-32-33-34-35-36-37-39-41-43-45-47-49-51-53-59(67)64-56(55-71-63-62(70)61(69)60(68)58(54-65)72-63)57(66)52-50-48-46-44-42-40-38-20-18-16-14-12-10-8-6-4-2/h56-58,60-63,65-66,68-70H,3-55H2,1-2H3,(H,64,67). The molecule has 1 heterocycles. The maximum atomic E-state index is 13.1. The van der Waals surface area contributed by atoms with Crippen molar-refractivity contribution >= 4 is 5.91 Å². The highest BCUT2D eigenvalue weighted by Crippen LogP contribution is 2.24. The van der Waals surface area contributed by atoms with Gasteiger partial charge in [0.1, 0.15) is 24.4 Å². The molecule has 72 heavy (non-hydrogen) atoms. The molecule has 1 rings (SSSR count). The van der Waals surface area contributed by atoms with Crippen LogP contribution in [0.1, 0.15) is 341 Å². The van der Waals surface area contributed by atoms with Crippen LogP contribution >= 0.6 is 0 Å². The molecule has 430 valence electrons. The number of rotatable bonds is 57. The maximum Gasteiger partial charge on any atom is 0.220 e. The van der Waals surface area contributed by atoms with E-state index in [9.17, 15) is 30.3 Å². The number of carbonyl (C=O) groups is 1. The fourth-order valence-electron chi connectivity index (χ4n) is 10.9. The Morgan fingerprint density at radius 3 is 0.986 bits per heavy atom. The fourth-order valence-corrected chi connectivity index (χ4v) is 10.9. The minimum Gasteiger partial charge on any atom is -0.394 e. The highest BCUT2D eigenvalue weighted by Gasteiger charge is 2.44. The zero-order valence-corrected chi connectivity index (χ0v) is 48.0. The molecule has 1 saturated heterocycles. The summed E-state index contributed by atoms with van der Waals surface area (Å²) in [5.41, 5.74) is 0. The van der Waals surface area contributed by atoms with E-state index in [1.165, 1.54) is 276 Å². The minimum absolute atomic E-state index is 0.131. The molecule has 0 aliphatic carbocycles. The van der Waals surface area contributed by atoms with Gasteiger partial charge in [0.2, 0.25) is 5.91 Å². The Kier molecular flexibility index (Phi) is 51.5. The molecular formula is C63H125NO8. The number of aliphatic hydroxyl groups excluding tert-OH is 5. The molecule has 1 amide bonds. The summed E-state index contributed by atoms with van der Waals surface area (Å²) in [7, 11) is 0. The molecule has 0 spiro atoms. The zero-order valence-electron chi connectivity index (χ0n) is 48.0. The molecule has 1 fully saturated rings. The van der Waals surface area contributed by atoms with Crippen LogP contribution < -0.4 is 5.32 Å². The van der Waals surface area contributed by atoms with Crippen molar-refractivity contribution in [1.29, 1.82) is 0 Å². The van der Waals surface area contributed by atoms with Crippen LogP contribution in [-0.4, -0.2) is 87.5 Å². The fraction of sp³-hybridized carbons (Fsp3) is 0.984. The minimum atomic E-state index is -1.55.